The number of thiazole rings is 1. The standard InChI is InChI=1S/C20H25N3O2S/c1-14-21-17(13-26-14)12-22-10-7-16(8-11-22)20(25)23-9-3-5-15-4-2-6-18(24)19(15)23/h2,4,6,13,16,24H,3,5,7-12H2,1H3. The van der Waals surface area contributed by atoms with Crippen LogP contribution in [0.5, 0.6) is 5.75 Å². The van der Waals surface area contributed by atoms with Gasteiger partial charge in [0.2, 0.25) is 5.91 Å². The molecular formula is C20H25N3O2S. The molecule has 0 atom stereocenters. The topological polar surface area (TPSA) is 56.7 Å². The zero-order chi connectivity index (χ0) is 18.1. The first kappa shape index (κ1) is 17.5. The molecule has 6 heteroatoms. The molecule has 0 unspecified atom stereocenters. The molecule has 0 saturated carbocycles. The molecule has 2 aliphatic rings. The molecule has 4 rings (SSSR count). The molecule has 1 amide bonds. The molecule has 1 aromatic heterocycles. The third-order valence-electron chi connectivity index (χ3n) is 5.45. The maximum absolute atomic E-state index is 13.1. The quantitative estimate of drug-likeness (QED) is 0.899. The lowest BCUT2D eigenvalue weighted by Gasteiger charge is -2.36. The lowest BCUT2D eigenvalue weighted by molar-refractivity contribution is -0.124. The number of phenolic OH excluding ortho intramolecular Hbond substituents is 1. The van der Waals surface area contributed by atoms with Crippen molar-refractivity contribution >= 4 is 22.9 Å². The van der Waals surface area contributed by atoms with Crippen molar-refractivity contribution < 1.29 is 9.90 Å². The Bertz CT molecular complexity index is 796. The minimum atomic E-state index is 0.0500. The zero-order valence-corrected chi connectivity index (χ0v) is 16.0. The highest BCUT2D eigenvalue weighted by Gasteiger charge is 2.32. The van der Waals surface area contributed by atoms with Crippen LogP contribution in [-0.4, -0.2) is 40.5 Å². The van der Waals surface area contributed by atoms with Gasteiger partial charge >= 0.3 is 0 Å². The maximum Gasteiger partial charge on any atom is 0.230 e. The molecule has 138 valence electrons. The van der Waals surface area contributed by atoms with Crippen LogP contribution in [0.3, 0.4) is 0 Å². The van der Waals surface area contributed by atoms with Gasteiger partial charge in [-0.3, -0.25) is 9.69 Å². The number of carbonyl (C=O) groups excluding carboxylic acids is 1. The molecule has 1 aromatic carbocycles. The van der Waals surface area contributed by atoms with E-state index in [1.165, 1.54) is 0 Å². The van der Waals surface area contributed by atoms with E-state index in [1.807, 2.05) is 24.0 Å². The van der Waals surface area contributed by atoms with Crippen LogP contribution in [0.4, 0.5) is 5.69 Å². The number of para-hydroxylation sites is 1. The van der Waals surface area contributed by atoms with E-state index in [4.69, 9.17) is 0 Å². The smallest absolute Gasteiger partial charge is 0.230 e. The lowest BCUT2D eigenvalue weighted by atomic mass is 9.93. The van der Waals surface area contributed by atoms with Crippen molar-refractivity contribution in [3.8, 4) is 5.75 Å². The number of rotatable bonds is 3. The summed E-state index contributed by atoms with van der Waals surface area (Å²) in [6.45, 7) is 5.47. The van der Waals surface area contributed by atoms with Gasteiger partial charge in [-0.1, -0.05) is 12.1 Å². The van der Waals surface area contributed by atoms with Gasteiger partial charge in [-0.25, -0.2) is 4.98 Å². The van der Waals surface area contributed by atoms with Crippen LogP contribution in [0.15, 0.2) is 23.6 Å². The summed E-state index contributed by atoms with van der Waals surface area (Å²) in [6.07, 6.45) is 3.64. The van der Waals surface area contributed by atoms with Gasteiger partial charge in [0.1, 0.15) is 5.75 Å². The number of likely N-dealkylation sites (tertiary alicyclic amines) is 1. The minimum absolute atomic E-state index is 0.0500. The fraction of sp³-hybridized carbons (Fsp3) is 0.500. The highest BCUT2D eigenvalue weighted by atomic mass is 32.1. The lowest BCUT2D eigenvalue weighted by Crippen LogP contribution is -2.44. The third-order valence-corrected chi connectivity index (χ3v) is 6.27. The van der Waals surface area contributed by atoms with Crippen LogP contribution in [0, 0.1) is 12.8 Å². The number of hydrogen-bond donors (Lipinski definition) is 1. The average molecular weight is 372 g/mol. The SMILES string of the molecule is Cc1nc(CN2CCC(C(=O)N3CCCc4cccc(O)c43)CC2)cs1. The summed E-state index contributed by atoms with van der Waals surface area (Å²) in [5.41, 5.74) is 2.96. The molecular weight excluding hydrogens is 346 g/mol. The van der Waals surface area contributed by atoms with Crippen LogP contribution in [0.1, 0.15) is 35.5 Å². The minimum Gasteiger partial charge on any atom is -0.506 e. The molecule has 26 heavy (non-hydrogen) atoms. The molecule has 2 aromatic rings. The summed E-state index contributed by atoms with van der Waals surface area (Å²) >= 11 is 1.69. The molecule has 0 spiro atoms. The molecule has 3 heterocycles. The highest BCUT2D eigenvalue weighted by molar-refractivity contribution is 7.09. The number of aromatic hydroxyl groups is 1. The van der Waals surface area contributed by atoms with Crippen LogP contribution in [0.25, 0.3) is 0 Å². The van der Waals surface area contributed by atoms with E-state index in [0.717, 1.165) is 67.3 Å². The van der Waals surface area contributed by atoms with Crippen molar-refractivity contribution in [1.29, 1.82) is 0 Å². The van der Waals surface area contributed by atoms with E-state index >= 15 is 0 Å². The van der Waals surface area contributed by atoms with Gasteiger partial charge in [0, 0.05) is 24.4 Å². The molecule has 1 N–H and O–H groups in total. The number of fused-ring (bicyclic) bond motifs is 1. The first-order valence-corrected chi connectivity index (χ1v) is 10.3. The van der Waals surface area contributed by atoms with Gasteiger partial charge in [0.05, 0.1) is 16.4 Å². The zero-order valence-electron chi connectivity index (χ0n) is 15.1. The summed E-state index contributed by atoms with van der Waals surface area (Å²) < 4.78 is 0. The van der Waals surface area contributed by atoms with Gasteiger partial charge in [0.25, 0.3) is 0 Å². The van der Waals surface area contributed by atoms with Crippen LogP contribution < -0.4 is 4.90 Å². The summed E-state index contributed by atoms with van der Waals surface area (Å²) in [5.74, 6) is 0.456. The van der Waals surface area contributed by atoms with Crippen LogP contribution >= 0.6 is 11.3 Å². The van der Waals surface area contributed by atoms with Gasteiger partial charge in [-0.2, -0.15) is 0 Å². The monoisotopic (exact) mass is 371 g/mol. The van der Waals surface area contributed by atoms with E-state index in [-0.39, 0.29) is 17.6 Å². The maximum atomic E-state index is 13.1. The molecule has 0 bridgehead atoms. The Morgan fingerprint density at radius 1 is 1.31 bits per heavy atom. The molecule has 1 saturated heterocycles. The van der Waals surface area contributed by atoms with Crippen molar-refractivity contribution in [2.24, 2.45) is 5.92 Å². The van der Waals surface area contributed by atoms with Crippen molar-refractivity contribution in [3.05, 3.63) is 39.8 Å². The number of benzene rings is 1. The Labute approximate surface area is 158 Å². The van der Waals surface area contributed by atoms with Crippen molar-refractivity contribution in [2.45, 2.75) is 39.2 Å². The Morgan fingerprint density at radius 2 is 2.12 bits per heavy atom. The van der Waals surface area contributed by atoms with Gasteiger partial charge in [-0.15, -0.1) is 11.3 Å². The van der Waals surface area contributed by atoms with Crippen LogP contribution in [-0.2, 0) is 17.8 Å². The summed E-state index contributed by atoms with van der Waals surface area (Å²) in [4.78, 5) is 21.9. The number of phenols is 1. The van der Waals surface area contributed by atoms with E-state index < -0.39 is 0 Å². The predicted molar refractivity (Wildman–Crippen MR) is 104 cm³/mol. The number of piperidine rings is 1. The van der Waals surface area contributed by atoms with E-state index in [2.05, 4.69) is 15.3 Å². The fourth-order valence-electron chi connectivity index (χ4n) is 4.12. The Hall–Kier alpha value is -1.92. The number of aromatic nitrogens is 1. The number of hydrogen-bond acceptors (Lipinski definition) is 5. The molecule has 5 nitrogen and oxygen atoms in total. The predicted octanol–water partition coefficient (Wildman–Crippen LogP) is 3.35. The number of anilines is 1. The first-order chi connectivity index (χ1) is 12.6. The molecule has 1 fully saturated rings. The largest absolute Gasteiger partial charge is 0.506 e. The van der Waals surface area contributed by atoms with E-state index in [0.29, 0.717) is 6.54 Å². The number of aryl methyl sites for hydroxylation is 2. The van der Waals surface area contributed by atoms with Gasteiger partial charge in [-0.05, 0) is 57.3 Å². The average Bonchev–Trinajstić information content (AvgIpc) is 3.06. The third kappa shape index (κ3) is 3.48. The summed E-state index contributed by atoms with van der Waals surface area (Å²) in [5, 5.41) is 13.5. The highest BCUT2D eigenvalue weighted by Crippen LogP contribution is 2.37. The summed E-state index contributed by atoms with van der Waals surface area (Å²) in [7, 11) is 0. The Kier molecular flexibility index (Phi) is 4.96. The second-order valence-corrected chi connectivity index (χ2v) is 8.35. The van der Waals surface area contributed by atoms with Crippen molar-refractivity contribution in [1.82, 2.24) is 9.88 Å². The molecule has 0 radical (unpaired) electrons. The van der Waals surface area contributed by atoms with E-state index in [9.17, 15) is 9.90 Å². The van der Waals surface area contributed by atoms with Crippen LogP contribution in [0.2, 0.25) is 0 Å². The first-order valence-electron chi connectivity index (χ1n) is 9.37. The normalized spacial score (nSPS) is 18.7. The van der Waals surface area contributed by atoms with E-state index in [1.54, 1.807) is 17.4 Å². The number of amides is 1. The second-order valence-electron chi connectivity index (χ2n) is 7.29. The number of nitrogens with zero attached hydrogens (tertiary/aromatic N) is 3. The molecule has 0 aliphatic carbocycles. The molecule has 2 aliphatic heterocycles. The Balaban J connectivity index is 1.40. The second kappa shape index (κ2) is 7.37. The van der Waals surface area contributed by atoms with Crippen molar-refractivity contribution in [3.63, 3.8) is 0 Å². The Morgan fingerprint density at radius 3 is 2.85 bits per heavy atom. The fourth-order valence-corrected chi connectivity index (χ4v) is 4.72. The van der Waals surface area contributed by atoms with Crippen molar-refractivity contribution in [2.75, 3.05) is 24.5 Å². The summed E-state index contributed by atoms with van der Waals surface area (Å²) in [6, 6.07) is 5.57. The van der Waals surface area contributed by atoms with Gasteiger partial charge in [0.15, 0.2) is 0 Å². The number of carbonyl (C=O) groups is 1. The van der Waals surface area contributed by atoms with Gasteiger partial charge < -0.3 is 10.0 Å².